The van der Waals surface area contributed by atoms with E-state index in [2.05, 4.69) is 16.8 Å². The lowest BCUT2D eigenvalue weighted by Crippen LogP contribution is -2.34. The van der Waals surface area contributed by atoms with E-state index in [-0.39, 0.29) is 5.56 Å². The summed E-state index contributed by atoms with van der Waals surface area (Å²) in [6.07, 6.45) is 2.47. The van der Waals surface area contributed by atoms with Crippen molar-refractivity contribution in [3.8, 4) is 11.8 Å². The fraction of sp³-hybridized carbons (Fsp3) is 0.273. The molecule has 0 unspecified atom stereocenters. The van der Waals surface area contributed by atoms with Gasteiger partial charge in [-0.3, -0.25) is 9.78 Å². The number of aromatic nitrogens is 1. The van der Waals surface area contributed by atoms with Gasteiger partial charge in [0.15, 0.2) is 0 Å². The van der Waals surface area contributed by atoms with Gasteiger partial charge in [-0.15, -0.1) is 0 Å². The number of hydrogen-bond acceptors (Lipinski definition) is 2. The van der Waals surface area contributed by atoms with Gasteiger partial charge in [-0.05, 0) is 25.0 Å². The third-order valence-corrected chi connectivity index (χ3v) is 1.79. The maximum atomic E-state index is 13.5. The summed E-state index contributed by atoms with van der Waals surface area (Å²) in [7, 11) is 0. The second-order valence-corrected chi connectivity index (χ2v) is 3.00. The van der Waals surface area contributed by atoms with Crippen LogP contribution in [0.5, 0.6) is 0 Å². The average Bonchev–Trinajstić information content (AvgIpc) is 2.28. The Bertz CT molecular complexity index is 421. The first-order valence-electron chi connectivity index (χ1n) is 4.55. The highest BCUT2D eigenvalue weighted by Crippen LogP contribution is 2.25. The number of nitrogens with one attached hydrogen (secondary N) is 1. The zero-order chi connectivity index (χ0) is 12.0. The fourth-order valence-corrected chi connectivity index (χ4v) is 1.03. The number of rotatable bonds is 3. The molecule has 0 spiro atoms. The molecule has 1 amide bonds. The van der Waals surface area contributed by atoms with Gasteiger partial charge in [0.25, 0.3) is 11.8 Å². The zero-order valence-corrected chi connectivity index (χ0v) is 8.63. The van der Waals surface area contributed by atoms with Gasteiger partial charge in [0.2, 0.25) is 0 Å². The molecule has 0 aliphatic rings. The number of amides is 1. The number of nitrogens with zero attached hydrogens (tertiary/aromatic N) is 1. The molecule has 0 atom stereocenters. The molecule has 0 aromatic carbocycles. The van der Waals surface area contributed by atoms with Crippen molar-refractivity contribution in [2.45, 2.75) is 12.8 Å². The molecule has 0 aliphatic carbocycles. The molecule has 0 saturated heterocycles. The van der Waals surface area contributed by atoms with E-state index in [1.165, 1.54) is 25.3 Å². The molecule has 84 valence electrons. The summed E-state index contributed by atoms with van der Waals surface area (Å²) in [5, 5.41) is 2.03. The van der Waals surface area contributed by atoms with Crippen LogP contribution in [-0.2, 0) is 10.7 Å². The summed E-state index contributed by atoms with van der Waals surface area (Å²) in [6, 6.07) is 2.67. The van der Waals surface area contributed by atoms with E-state index in [0.29, 0.717) is 0 Å². The Kier molecular flexibility index (Phi) is 3.95. The van der Waals surface area contributed by atoms with E-state index in [9.17, 15) is 13.6 Å². The van der Waals surface area contributed by atoms with Crippen LogP contribution in [0.4, 0.5) is 8.78 Å². The largest absolute Gasteiger partial charge is 0.339 e. The molecule has 16 heavy (non-hydrogen) atoms. The van der Waals surface area contributed by atoms with Gasteiger partial charge >= 0.3 is 0 Å². The molecule has 5 heteroatoms. The highest BCUT2D eigenvalue weighted by atomic mass is 19.3. The molecule has 0 bridgehead atoms. The third kappa shape index (κ3) is 3.31. The van der Waals surface area contributed by atoms with Crippen LogP contribution in [0.3, 0.4) is 0 Å². The molecule has 1 heterocycles. The number of pyridine rings is 1. The maximum Gasteiger partial charge on any atom is 0.296 e. The normalized spacial score (nSPS) is 10.2. The Morgan fingerprint density at radius 1 is 1.62 bits per heavy atom. The van der Waals surface area contributed by atoms with Crippen LogP contribution >= 0.6 is 0 Å². The predicted molar refractivity (Wildman–Crippen MR) is 54.6 cm³/mol. The zero-order valence-electron chi connectivity index (χ0n) is 8.63. The van der Waals surface area contributed by atoms with Crippen molar-refractivity contribution < 1.29 is 13.6 Å². The Morgan fingerprint density at radius 2 is 2.38 bits per heavy atom. The topological polar surface area (TPSA) is 42.0 Å². The highest BCUT2D eigenvalue weighted by Gasteiger charge is 2.31. The Morgan fingerprint density at radius 3 is 2.94 bits per heavy atom. The van der Waals surface area contributed by atoms with Crippen LogP contribution in [0.1, 0.15) is 12.5 Å². The average molecular weight is 224 g/mol. The molecule has 3 nitrogen and oxygen atoms in total. The Balaban J connectivity index is 2.65. The summed E-state index contributed by atoms with van der Waals surface area (Å²) in [6.45, 7) is 0.672. The van der Waals surface area contributed by atoms with Gasteiger partial charge in [-0.1, -0.05) is 5.92 Å². The van der Waals surface area contributed by atoms with Gasteiger partial charge in [0, 0.05) is 18.0 Å². The Labute approximate surface area is 91.9 Å². The summed E-state index contributed by atoms with van der Waals surface area (Å²) >= 11 is 0. The standard InChI is InChI=1S/C11H10F2N2O/c1-2-4-10(16)15-8-11(12,13)9-5-3-6-14-7-9/h3,5-7H,8H2,1H3,(H,15,16). The fourth-order valence-electron chi connectivity index (χ4n) is 1.03. The third-order valence-electron chi connectivity index (χ3n) is 1.79. The second-order valence-electron chi connectivity index (χ2n) is 3.00. The molecular weight excluding hydrogens is 214 g/mol. The molecule has 1 rings (SSSR count). The maximum absolute atomic E-state index is 13.5. The van der Waals surface area contributed by atoms with Crippen LogP contribution in [0.25, 0.3) is 0 Å². The smallest absolute Gasteiger partial charge is 0.296 e. The van der Waals surface area contributed by atoms with Crippen molar-refractivity contribution in [1.29, 1.82) is 0 Å². The van der Waals surface area contributed by atoms with E-state index < -0.39 is 18.4 Å². The van der Waals surface area contributed by atoms with Gasteiger partial charge in [-0.25, -0.2) is 0 Å². The first-order valence-corrected chi connectivity index (χ1v) is 4.55. The van der Waals surface area contributed by atoms with E-state index in [1.54, 1.807) is 0 Å². The lowest BCUT2D eigenvalue weighted by Gasteiger charge is -2.15. The molecule has 0 saturated carbocycles. The van der Waals surface area contributed by atoms with Crippen LogP contribution < -0.4 is 5.32 Å². The highest BCUT2D eigenvalue weighted by molar-refractivity contribution is 5.93. The monoisotopic (exact) mass is 224 g/mol. The van der Waals surface area contributed by atoms with Crippen LogP contribution in [0, 0.1) is 11.8 Å². The summed E-state index contributed by atoms with van der Waals surface area (Å²) in [4.78, 5) is 14.5. The summed E-state index contributed by atoms with van der Waals surface area (Å²) in [5.74, 6) is 0.589. The van der Waals surface area contributed by atoms with Gasteiger partial charge in [0.05, 0.1) is 6.54 Å². The Hall–Kier alpha value is -1.96. The SMILES string of the molecule is CC#CC(=O)NCC(F)(F)c1cccnc1. The van der Waals surface area contributed by atoms with Crippen molar-refractivity contribution in [3.05, 3.63) is 30.1 Å². The van der Waals surface area contributed by atoms with Crippen LogP contribution in [0.15, 0.2) is 24.5 Å². The van der Waals surface area contributed by atoms with Gasteiger partial charge < -0.3 is 5.32 Å². The van der Waals surface area contributed by atoms with Crippen molar-refractivity contribution in [2.75, 3.05) is 6.54 Å². The quantitative estimate of drug-likeness (QED) is 0.786. The molecule has 1 aromatic heterocycles. The lowest BCUT2D eigenvalue weighted by atomic mass is 10.1. The van der Waals surface area contributed by atoms with Crippen molar-refractivity contribution in [3.63, 3.8) is 0 Å². The molecule has 1 aromatic rings. The number of halogens is 2. The van der Waals surface area contributed by atoms with Crippen LogP contribution in [0.2, 0.25) is 0 Å². The van der Waals surface area contributed by atoms with E-state index in [0.717, 1.165) is 6.20 Å². The first-order chi connectivity index (χ1) is 7.56. The van der Waals surface area contributed by atoms with Gasteiger partial charge in [-0.2, -0.15) is 8.78 Å². The van der Waals surface area contributed by atoms with Gasteiger partial charge in [0.1, 0.15) is 0 Å². The number of alkyl halides is 2. The second kappa shape index (κ2) is 5.21. The predicted octanol–water partition coefficient (Wildman–Crippen LogP) is 1.31. The van der Waals surface area contributed by atoms with E-state index in [4.69, 9.17) is 0 Å². The van der Waals surface area contributed by atoms with Crippen molar-refractivity contribution in [1.82, 2.24) is 10.3 Å². The minimum absolute atomic E-state index is 0.236. The van der Waals surface area contributed by atoms with E-state index in [1.807, 2.05) is 5.32 Å². The first kappa shape index (κ1) is 12.1. The lowest BCUT2D eigenvalue weighted by molar-refractivity contribution is -0.117. The minimum atomic E-state index is -3.14. The molecule has 0 fully saturated rings. The summed E-state index contributed by atoms with van der Waals surface area (Å²) < 4.78 is 26.9. The minimum Gasteiger partial charge on any atom is -0.339 e. The molecular formula is C11H10F2N2O. The number of carbonyl (C=O) groups excluding carboxylic acids is 1. The summed E-state index contributed by atoms with van der Waals surface area (Å²) in [5.41, 5.74) is -0.236. The molecule has 0 radical (unpaired) electrons. The number of hydrogen-bond donors (Lipinski definition) is 1. The molecule has 0 aliphatic heterocycles. The van der Waals surface area contributed by atoms with Crippen molar-refractivity contribution >= 4 is 5.91 Å². The van der Waals surface area contributed by atoms with Crippen molar-refractivity contribution in [2.24, 2.45) is 0 Å². The number of carbonyl (C=O) groups is 1. The van der Waals surface area contributed by atoms with E-state index >= 15 is 0 Å². The molecule has 1 N–H and O–H groups in total. The van der Waals surface area contributed by atoms with Crippen LogP contribution in [-0.4, -0.2) is 17.4 Å².